The molecule has 2 aliphatic heterocycles. The first-order valence-electron chi connectivity index (χ1n) is 8.53. The maximum Gasteiger partial charge on any atom is 0.272 e. The predicted molar refractivity (Wildman–Crippen MR) is 92.5 cm³/mol. The second-order valence-electron chi connectivity index (χ2n) is 6.58. The zero-order valence-corrected chi connectivity index (χ0v) is 14.4. The number of aryl methyl sites for hydroxylation is 2. The minimum Gasteiger partial charge on any atom is -0.372 e. The Morgan fingerprint density at radius 3 is 2.76 bits per heavy atom. The number of nitrogens with zero attached hydrogens (tertiary/aromatic N) is 5. The van der Waals surface area contributed by atoms with Crippen molar-refractivity contribution in [3.05, 3.63) is 47.4 Å². The third-order valence-electron chi connectivity index (χ3n) is 4.77. The van der Waals surface area contributed by atoms with Gasteiger partial charge in [0.1, 0.15) is 5.69 Å². The van der Waals surface area contributed by atoms with E-state index in [1.54, 1.807) is 6.07 Å². The number of hydrogen-bond acceptors (Lipinski definition) is 6. The van der Waals surface area contributed by atoms with E-state index in [0.29, 0.717) is 25.4 Å². The van der Waals surface area contributed by atoms with Crippen LogP contribution in [0.4, 0.5) is 5.82 Å². The number of aromatic nitrogens is 3. The van der Waals surface area contributed by atoms with Gasteiger partial charge in [0.05, 0.1) is 24.4 Å². The molecule has 0 N–H and O–H groups in total. The van der Waals surface area contributed by atoms with Crippen LogP contribution in [0.3, 0.4) is 0 Å². The van der Waals surface area contributed by atoms with Gasteiger partial charge >= 0.3 is 0 Å². The Balaban J connectivity index is 1.54. The Kier molecular flexibility index (Phi) is 4.09. The van der Waals surface area contributed by atoms with Crippen molar-refractivity contribution in [3.63, 3.8) is 0 Å². The summed E-state index contributed by atoms with van der Waals surface area (Å²) in [6.07, 6.45) is -0.00869. The molecule has 2 fully saturated rings. The Hall–Kier alpha value is -2.54. The van der Waals surface area contributed by atoms with Gasteiger partial charge in [0, 0.05) is 25.3 Å². The fourth-order valence-corrected chi connectivity index (χ4v) is 3.51. The summed E-state index contributed by atoms with van der Waals surface area (Å²) in [5, 5.41) is 8.46. The summed E-state index contributed by atoms with van der Waals surface area (Å²) in [7, 11) is 0. The largest absolute Gasteiger partial charge is 0.372 e. The SMILES string of the molecule is Cc1ccc(N2CCO[C@H]3CN(C(=O)c4cccc(C)n4)C[C@H]32)nn1. The zero-order valence-electron chi connectivity index (χ0n) is 14.4. The summed E-state index contributed by atoms with van der Waals surface area (Å²) < 4.78 is 5.91. The molecule has 25 heavy (non-hydrogen) atoms. The van der Waals surface area contributed by atoms with Gasteiger partial charge in [0.2, 0.25) is 0 Å². The van der Waals surface area contributed by atoms with Gasteiger partial charge in [-0.2, -0.15) is 5.10 Å². The highest BCUT2D eigenvalue weighted by Crippen LogP contribution is 2.27. The van der Waals surface area contributed by atoms with Crippen LogP contribution in [0.25, 0.3) is 0 Å². The summed E-state index contributed by atoms with van der Waals surface area (Å²) in [6, 6.07) is 9.56. The normalized spacial score (nSPS) is 22.8. The number of pyridine rings is 1. The second-order valence-corrected chi connectivity index (χ2v) is 6.58. The average Bonchev–Trinajstić information content (AvgIpc) is 3.06. The Bertz CT molecular complexity index is 779. The number of ether oxygens (including phenoxy) is 1. The maximum absolute atomic E-state index is 12.8. The van der Waals surface area contributed by atoms with Crippen LogP contribution in [0.15, 0.2) is 30.3 Å². The van der Waals surface area contributed by atoms with E-state index in [1.807, 2.05) is 43.0 Å². The van der Waals surface area contributed by atoms with Gasteiger partial charge in [0.25, 0.3) is 5.91 Å². The lowest BCUT2D eigenvalue weighted by Gasteiger charge is -2.37. The number of anilines is 1. The Morgan fingerprint density at radius 1 is 1.12 bits per heavy atom. The van der Waals surface area contributed by atoms with Crippen molar-refractivity contribution in [2.45, 2.75) is 26.0 Å². The molecule has 0 aromatic carbocycles. The number of fused-ring (bicyclic) bond motifs is 1. The molecule has 130 valence electrons. The highest BCUT2D eigenvalue weighted by molar-refractivity contribution is 5.92. The summed E-state index contributed by atoms with van der Waals surface area (Å²) in [5.74, 6) is 0.795. The second kappa shape index (κ2) is 6.40. The number of rotatable bonds is 2. The van der Waals surface area contributed by atoms with Crippen molar-refractivity contribution in [3.8, 4) is 0 Å². The van der Waals surface area contributed by atoms with Crippen molar-refractivity contribution < 1.29 is 9.53 Å². The van der Waals surface area contributed by atoms with Crippen LogP contribution in [0, 0.1) is 13.8 Å². The summed E-state index contributed by atoms with van der Waals surface area (Å²) in [5.41, 5.74) is 2.22. The van der Waals surface area contributed by atoms with Crippen molar-refractivity contribution in [2.24, 2.45) is 0 Å². The molecule has 1 amide bonds. The van der Waals surface area contributed by atoms with Crippen molar-refractivity contribution in [2.75, 3.05) is 31.1 Å². The zero-order chi connectivity index (χ0) is 17.4. The number of amides is 1. The van der Waals surface area contributed by atoms with Crippen LogP contribution in [0.2, 0.25) is 0 Å². The molecule has 0 spiro atoms. The molecule has 0 radical (unpaired) electrons. The molecule has 2 aromatic heterocycles. The molecule has 0 unspecified atom stereocenters. The summed E-state index contributed by atoms with van der Waals surface area (Å²) in [6.45, 7) is 6.37. The maximum atomic E-state index is 12.8. The molecular weight excluding hydrogens is 318 g/mol. The van der Waals surface area contributed by atoms with Gasteiger partial charge in [-0.3, -0.25) is 4.79 Å². The monoisotopic (exact) mass is 339 g/mol. The number of carbonyl (C=O) groups is 1. The van der Waals surface area contributed by atoms with Crippen LogP contribution < -0.4 is 4.90 Å². The van der Waals surface area contributed by atoms with E-state index in [0.717, 1.165) is 23.8 Å². The van der Waals surface area contributed by atoms with Crippen LogP contribution in [0.5, 0.6) is 0 Å². The fourth-order valence-electron chi connectivity index (χ4n) is 3.51. The first-order chi connectivity index (χ1) is 12.1. The summed E-state index contributed by atoms with van der Waals surface area (Å²) in [4.78, 5) is 21.2. The molecule has 7 heteroatoms. The molecule has 4 rings (SSSR count). The van der Waals surface area contributed by atoms with Crippen molar-refractivity contribution >= 4 is 11.7 Å². The van der Waals surface area contributed by atoms with Gasteiger partial charge in [-0.25, -0.2) is 4.98 Å². The molecule has 2 aliphatic rings. The van der Waals surface area contributed by atoms with Crippen LogP contribution in [-0.2, 0) is 4.74 Å². The molecule has 2 atom stereocenters. The number of hydrogen-bond donors (Lipinski definition) is 0. The van der Waals surface area contributed by atoms with E-state index in [4.69, 9.17) is 4.74 Å². The van der Waals surface area contributed by atoms with Gasteiger partial charge in [-0.1, -0.05) is 6.07 Å². The van der Waals surface area contributed by atoms with E-state index in [2.05, 4.69) is 20.1 Å². The van der Waals surface area contributed by atoms with E-state index >= 15 is 0 Å². The minimum absolute atomic E-state index is 0.00869. The standard InChI is InChI=1S/C18H21N5O2/c1-12-4-3-5-14(19-12)18(24)22-10-15-16(11-22)25-9-8-23(15)17-7-6-13(2)20-21-17/h3-7,15-16H,8-11H2,1-2H3/t15-,16+/m1/s1. The third kappa shape index (κ3) is 3.07. The van der Waals surface area contributed by atoms with Crippen LogP contribution >= 0.6 is 0 Å². The first-order valence-corrected chi connectivity index (χ1v) is 8.53. The van der Waals surface area contributed by atoms with E-state index in [9.17, 15) is 4.79 Å². The lowest BCUT2D eigenvalue weighted by Crippen LogP contribution is -2.51. The Morgan fingerprint density at radius 2 is 2.00 bits per heavy atom. The molecular formula is C18H21N5O2. The molecule has 0 saturated carbocycles. The van der Waals surface area contributed by atoms with E-state index in [1.165, 1.54) is 0 Å². The van der Waals surface area contributed by atoms with E-state index < -0.39 is 0 Å². The first kappa shape index (κ1) is 16.0. The summed E-state index contributed by atoms with van der Waals surface area (Å²) >= 11 is 0. The quantitative estimate of drug-likeness (QED) is 0.819. The fraction of sp³-hybridized carbons (Fsp3) is 0.444. The molecule has 7 nitrogen and oxygen atoms in total. The molecule has 4 heterocycles. The number of likely N-dealkylation sites (tertiary alicyclic amines) is 1. The molecule has 0 aliphatic carbocycles. The number of morpholine rings is 1. The van der Waals surface area contributed by atoms with Crippen LogP contribution in [0.1, 0.15) is 21.9 Å². The van der Waals surface area contributed by atoms with Crippen LogP contribution in [-0.4, -0.2) is 64.4 Å². The van der Waals surface area contributed by atoms with Gasteiger partial charge < -0.3 is 14.5 Å². The average molecular weight is 339 g/mol. The topological polar surface area (TPSA) is 71.5 Å². The van der Waals surface area contributed by atoms with Gasteiger partial charge in [0.15, 0.2) is 5.82 Å². The van der Waals surface area contributed by atoms with Crippen molar-refractivity contribution in [1.82, 2.24) is 20.1 Å². The van der Waals surface area contributed by atoms with Gasteiger partial charge in [-0.05, 0) is 38.1 Å². The lowest BCUT2D eigenvalue weighted by atomic mass is 10.1. The molecule has 2 aromatic rings. The smallest absolute Gasteiger partial charge is 0.272 e. The Labute approximate surface area is 146 Å². The third-order valence-corrected chi connectivity index (χ3v) is 4.77. The van der Waals surface area contributed by atoms with E-state index in [-0.39, 0.29) is 18.1 Å². The van der Waals surface area contributed by atoms with Gasteiger partial charge in [-0.15, -0.1) is 5.10 Å². The minimum atomic E-state index is -0.0448. The molecule has 0 bridgehead atoms. The predicted octanol–water partition coefficient (Wildman–Crippen LogP) is 1.22. The molecule has 2 saturated heterocycles. The lowest BCUT2D eigenvalue weighted by molar-refractivity contribution is 0.0298. The van der Waals surface area contributed by atoms with Crippen molar-refractivity contribution in [1.29, 1.82) is 0 Å². The number of carbonyl (C=O) groups excluding carboxylic acids is 1. The highest BCUT2D eigenvalue weighted by atomic mass is 16.5. The highest BCUT2D eigenvalue weighted by Gasteiger charge is 2.42.